The molecule has 1 aromatic rings. The number of amides is 1. The summed E-state index contributed by atoms with van der Waals surface area (Å²) in [5, 5.41) is 6.15. The summed E-state index contributed by atoms with van der Waals surface area (Å²) in [6.07, 6.45) is 2.60. The van der Waals surface area contributed by atoms with Crippen molar-refractivity contribution in [1.82, 2.24) is 10.6 Å². The lowest BCUT2D eigenvalue weighted by Crippen LogP contribution is -2.28. The molecule has 4 nitrogen and oxygen atoms in total. The molecule has 18 heavy (non-hydrogen) atoms. The van der Waals surface area contributed by atoms with Crippen LogP contribution in [0.2, 0.25) is 0 Å². The largest absolute Gasteiger partial charge is 0.484 e. The molecule has 0 heterocycles. The number of hydrogen-bond acceptors (Lipinski definition) is 3. The minimum absolute atomic E-state index is 0.0769. The lowest BCUT2D eigenvalue weighted by atomic mass is 10.2. The van der Waals surface area contributed by atoms with Gasteiger partial charge in [-0.3, -0.25) is 4.79 Å². The van der Waals surface area contributed by atoms with Gasteiger partial charge in [-0.2, -0.15) is 0 Å². The van der Waals surface area contributed by atoms with Crippen LogP contribution in [0.1, 0.15) is 25.3 Å². The number of nitrogens with one attached hydrogen (secondary N) is 2. The molecule has 0 spiro atoms. The molecule has 1 aromatic carbocycles. The van der Waals surface area contributed by atoms with Gasteiger partial charge >= 0.3 is 0 Å². The fraction of sp³-hybridized carbons (Fsp3) is 0.500. The van der Waals surface area contributed by atoms with E-state index in [1.807, 2.05) is 31.2 Å². The zero-order valence-electron chi connectivity index (χ0n) is 10.7. The summed E-state index contributed by atoms with van der Waals surface area (Å²) >= 11 is 0. The Hall–Kier alpha value is -1.55. The normalized spacial score (nSPS) is 14.3. The maximum atomic E-state index is 11.2. The molecule has 2 rings (SSSR count). The predicted molar refractivity (Wildman–Crippen MR) is 70.5 cm³/mol. The fourth-order valence-corrected chi connectivity index (χ4v) is 1.65. The Morgan fingerprint density at radius 3 is 2.67 bits per heavy atom. The van der Waals surface area contributed by atoms with Crippen LogP contribution in [0.5, 0.6) is 5.75 Å². The zero-order chi connectivity index (χ0) is 12.8. The molecule has 0 aliphatic heterocycles. The molecule has 4 heteroatoms. The summed E-state index contributed by atoms with van der Waals surface area (Å²) in [4.78, 5) is 11.2. The van der Waals surface area contributed by atoms with Gasteiger partial charge in [-0.05, 0) is 37.5 Å². The van der Waals surface area contributed by atoms with Crippen LogP contribution in [0.25, 0.3) is 0 Å². The molecule has 1 fully saturated rings. The average Bonchev–Trinajstić information content (AvgIpc) is 3.19. The minimum atomic E-state index is -0.0861. The van der Waals surface area contributed by atoms with Gasteiger partial charge in [0.05, 0.1) is 0 Å². The summed E-state index contributed by atoms with van der Waals surface area (Å²) in [5.41, 5.74) is 1.24. The first-order chi connectivity index (χ1) is 8.78. The smallest absolute Gasteiger partial charge is 0.257 e. The Morgan fingerprint density at radius 2 is 2.06 bits per heavy atom. The number of benzene rings is 1. The monoisotopic (exact) mass is 248 g/mol. The number of ether oxygens (including phenoxy) is 1. The van der Waals surface area contributed by atoms with E-state index in [4.69, 9.17) is 4.74 Å². The summed E-state index contributed by atoms with van der Waals surface area (Å²) < 4.78 is 5.38. The van der Waals surface area contributed by atoms with E-state index in [9.17, 15) is 4.79 Å². The van der Waals surface area contributed by atoms with E-state index >= 15 is 0 Å². The zero-order valence-corrected chi connectivity index (χ0v) is 10.7. The Balaban J connectivity index is 1.73. The van der Waals surface area contributed by atoms with Gasteiger partial charge in [0.1, 0.15) is 5.75 Å². The molecule has 1 saturated carbocycles. The summed E-state index contributed by atoms with van der Waals surface area (Å²) in [6, 6.07) is 8.59. The van der Waals surface area contributed by atoms with Crippen LogP contribution in [0.3, 0.4) is 0 Å². The highest BCUT2D eigenvalue weighted by molar-refractivity contribution is 5.77. The molecular formula is C14H20N2O2. The van der Waals surface area contributed by atoms with Crippen LogP contribution in [-0.4, -0.2) is 25.1 Å². The first kappa shape index (κ1) is 12.9. The van der Waals surface area contributed by atoms with Gasteiger partial charge in [-0.1, -0.05) is 12.1 Å². The summed E-state index contributed by atoms with van der Waals surface area (Å²) in [7, 11) is 0. The number of carbonyl (C=O) groups is 1. The SMILES string of the molecule is CCNC(=O)COc1ccc(CNC2CC2)cc1. The molecule has 0 bridgehead atoms. The second-order valence-corrected chi connectivity index (χ2v) is 4.54. The van der Waals surface area contributed by atoms with Crippen molar-refractivity contribution in [2.24, 2.45) is 0 Å². The van der Waals surface area contributed by atoms with Crippen molar-refractivity contribution >= 4 is 5.91 Å². The minimum Gasteiger partial charge on any atom is -0.484 e. The van der Waals surface area contributed by atoms with E-state index in [-0.39, 0.29) is 12.5 Å². The fourth-order valence-electron chi connectivity index (χ4n) is 1.65. The molecule has 2 N–H and O–H groups in total. The van der Waals surface area contributed by atoms with Crippen LogP contribution in [0, 0.1) is 0 Å². The van der Waals surface area contributed by atoms with E-state index < -0.39 is 0 Å². The van der Waals surface area contributed by atoms with Crippen molar-refractivity contribution in [3.63, 3.8) is 0 Å². The van der Waals surface area contributed by atoms with Crippen molar-refractivity contribution in [2.75, 3.05) is 13.2 Å². The molecule has 1 aliphatic rings. The van der Waals surface area contributed by atoms with Gasteiger partial charge in [-0.25, -0.2) is 0 Å². The highest BCUT2D eigenvalue weighted by Crippen LogP contribution is 2.19. The standard InChI is InChI=1S/C14H20N2O2/c1-2-15-14(17)10-18-13-7-3-11(4-8-13)9-16-12-5-6-12/h3-4,7-8,12,16H,2,5-6,9-10H2,1H3,(H,15,17). The van der Waals surface area contributed by atoms with Crippen molar-refractivity contribution in [3.05, 3.63) is 29.8 Å². The van der Waals surface area contributed by atoms with E-state index in [1.54, 1.807) is 0 Å². The van der Waals surface area contributed by atoms with Crippen LogP contribution in [0.15, 0.2) is 24.3 Å². The third-order valence-electron chi connectivity index (χ3n) is 2.84. The van der Waals surface area contributed by atoms with Gasteiger partial charge in [0.2, 0.25) is 0 Å². The quantitative estimate of drug-likeness (QED) is 0.768. The van der Waals surface area contributed by atoms with Gasteiger partial charge in [-0.15, -0.1) is 0 Å². The molecule has 0 unspecified atom stereocenters. The predicted octanol–water partition coefficient (Wildman–Crippen LogP) is 1.45. The molecule has 1 amide bonds. The van der Waals surface area contributed by atoms with Crippen molar-refractivity contribution < 1.29 is 9.53 Å². The second kappa shape index (κ2) is 6.40. The molecule has 98 valence electrons. The maximum absolute atomic E-state index is 11.2. The van der Waals surface area contributed by atoms with E-state index in [2.05, 4.69) is 10.6 Å². The van der Waals surface area contributed by atoms with Gasteiger partial charge < -0.3 is 15.4 Å². The highest BCUT2D eigenvalue weighted by Gasteiger charge is 2.19. The number of likely N-dealkylation sites (N-methyl/N-ethyl adjacent to an activating group) is 1. The van der Waals surface area contributed by atoms with Gasteiger partial charge in [0.25, 0.3) is 5.91 Å². The number of carbonyl (C=O) groups excluding carboxylic acids is 1. The average molecular weight is 248 g/mol. The van der Waals surface area contributed by atoms with Gasteiger partial charge in [0, 0.05) is 19.1 Å². The lowest BCUT2D eigenvalue weighted by Gasteiger charge is -2.07. The summed E-state index contributed by atoms with van der Waals surface area (Å²) in [5.74, 6) is 0.647. The van der Waals surface area contributed by atoms with Crippen LogP contribution in [0.4, 0.5) is 0 Å². The Morgan fingerprint density at radius 1 is 1.33 bits per heavy atom. The Kier molecular flexibility index (Phi) is 4.59. The molecule has 0 radical (unpaired) electrons. The van der Waals surface area contributed by atoms with Gasteiger partial charge in [0.15, 0.2) is 6.61 Å². The second-order valence-electron chi connectivity index (χ2n) is 4.54. The lowest BCUT2D eigenvalue weighted by molar-refractivity contribution is -0.122. The highest BCUT2D eigenvalue weighted by atomic mass is 16.5. The van der Waals surface area contributed by atoms with E-state index in [0.717, 1.165) is 18.3 Å². The van der Waals surface area contributed by atoms with E-state index in [1.165, 1.54) is 18.4 Å². The first-order valence-corrected chi connectivity index (χ1v) is 6.49. The molecule has 0 aromatic heterocycles. The van der Waals surface area contributed by atoms with Crippen molar-refractivity contribution in [1.29, 1.82) is 0 Å². The van der Waals surface area contributed by atoms with Crippen molar-refractivity contribution in [2.45, 2.75) is 32.4 Å². The first-order valence-electron chi connectivity index (χ1n) is 6.49. The molecular weight excluding hydrogens is 228 g/mol. The molecule has 0 atom stereocenters. The van der Waals surface area contributed by atoms with Crippen LogP contribution >= 0.6 is 0 Å². The van der Waals surface area contributed by atoms with Crippen LogP contribution in [-0.2, 0) is 11.3 Å². The molecule has 0 saturated heterocycles. The third kappa shape index (κ3) is 4.37. The molecule has 1 aliphatic carbocycles. The van der Waals surface area contributed by atoms with Crippen molar-refractivity contribution in [3.8, 4) is 5.75 Å². The maximum Gasteiger partial charge on any atom is 0.257 e. The topological polar surface area (TPSA) is 50.4 Å². The van der Waals surface area contributed by atoms with Crippen LogP contribution < -0.4 is 15.4 Å². The number of hydrogen-bond donors (Lipinski definition) is 2. The third-order valence-corrected chi connectivity index (χ3v) is 2.84. The Bertz CT molecular complexity index is 385. The van der Waals surface area contributed by atoms with E-state index in [0.29, 0.717) is 6.54 Å². The Labute approximate surface area is 108 Å². The summed E-state index contributed by atoms with van der Waals surface area (Å²) in [6.45, 7) is 3.50. The number of rotatable bonds is 7.